The Morgan fingerprint density at radius 2 is 1.96 bits per heavy atom. The summed E-state index contributed by atoms with van der Waals surface area (Å²) < 4.78 is 5.14. The predicted octanol–water partition coefficient (Wildman–Crippen LogP) is 2.03. The number of benzene rings is 1. The van der Waals surface area contributed by atoms with Crippen LogP contribution in [-0.2, 0) is 25.5 Å². The van der Waals surface area contributed by atoms with Crippen molar-refractivity contribution in [1.82, 2.24) is 10.2 Å². The molecule has 1 aliphatic heterocycles. The van der Waals surface area contributed by atoms with E-state index in [1.54, 1.807) is 13.8 Å². The highest BCUT2D eigenvalue weighted by Gasteiger charge is 2.36. The van der Waals surface area contributed by atoms with Crippen LogP contribution in [-0.4, -0.2) is 59.1 Å². The zero-order chi connectivity index (χ0) is 19.8. The summed E-state index contributed by atoms with van der Waals surface area (Å²) in [6.45, 7) is 4.09. The number of hydrogen-bond acceptors (Lipinski definition) is 5. The second kappa shape index (κ2) is 11.7. The number of amides is 1. The summed E-state index contributed by atoms with van der Waals surface area (Å²) in [4.78, 5) is 37.7. The van der Waals surface area contributed by atoms with Crippen molar-refractivity contribution in [1.29, 1.82) is 0 Å². The maximum atomic E-state index is 12.7. The quantitative estimate of drug-likeness (QED) is 0.602. The molecule has 0 radical (unpaired) electrons. The van der Waals surface area contributed by atoms with E-state index in [4.69, 9.17) is 4.74 Å². The van der Waals surface area contributed by atoms with Crippen LogP contribution < -0.4 is 5.32 Å². The highest BCUT2D eigenvalue weighted by molar-refractivity contribution is 5.88. The maximum Gasteiger partial charge on any atom is 0.326 e. The number of rotatable bonds is 9. The summed E-state index contributed by atoms with van der Waals surface area (Å²) in [5, 5.41) is 12.3. The first-order valence-corrected chi connectivity index (χ1v) is 9.44. The van der Waals surface area contributed by atoms with E-state index in [9.17, 15) is 19.5 Å². The lowest BCUT2D eigenvalue weighted by Gasteiger charge is -2.27. The Morgan fingerprint density at radius 1 is 1.29 bits per heavy atom. The topological polar surface area (TPSA) is 95.9 Å². The van der Waals surface area contributed by atoms with E-state index in [1.807, 2.05) is 30.3 Å². The molecule has 7 nitrogen and oxygen atoms in total. The number of carboxylic acids is 1. The Kier molecular flexibility index (Phi) is 9.96. The fourth-order valence-corrected chi connectivity index (χ4v) is 3.38. The molecule has 0 spiro atoms. The third kappa shape index (κ3) is 6.49. The van der Waals surface area contributed by atoms with E-state index in [0.29, 0.717) is 32.2 Å². The van der Waals surface area contributed by atoms with Crippen LogP contribution in [0.2, 0.25) is 0 Å². The first-order valence-electron chi connectivity index (χ1n) is 9.44. The van der Waals surface area contributed by atoms with Gasteiger partial charge in [-0.05, 0) is 45.1 Å². The number of carbonyl (C=O) groups is 3. The number of nitrogens with one attached hydrogen (secondary N) is 1. The summed E-state index contributed by atoms with van der Waals surface area (Å²) in [5.74, 6) is -1.68. The van der Waals surface area contributed by atoms with Gasteiger partial charge >= 0.3 is 11.9 Å². The van der Waals surface area contributed by atoms with Crippen LogP contribution in [0.15, 0.2) is 30.3 Å². The van der Waals surface area contributed by atoms with Crippen LogP contribution in [0.4, 0.5) is 0 Å². The molecule has 2 rings (SSSR count). The lowest BCUT2D eigenvalue weighted by atomic mass is 10.0. The number of esters is 1. The first-order chi connectivity index (χ1) is 12.9. The molecule has 0 unspecified atom stereocenters. The molecule has 1 amide bonds. The Bertz CT molecular complexity index is 655. The highest BCUT2D eigenvalue weighted by atomic mass is 35.5. The highest BCUT2D eigenvalue weighted by Crippen LogP contribution is 2.19. The second-order valence-corrected chi connectivity index (χ2v) is 6.75. The van der Waals surface area contributed by atoms with E-state index in [1.165, 1.54) is 4.90 Å². The molecule has 0 saturated carbocycles. The summed E-state index contributed by atoms with van der Waals surface area (Å²) in [5.41, 5.74) is 1.10. The van der Waals surface area contributed by atoms with E-state index in [-0.39, 0.29) is 24.9 Å². The molecule has 0 bridgehead atoms. The summed E-state index contributed by atoms with van der Waals surface area (Å²) in [6, 6.07) is 7.69. The van der Waals surface area contributed by atoms with Crippen molar-refractivity contribution in [2.75, 3.05) is 13.2 Å². The van der Waals surface area contributed by atoms with Gasteiger partial charge in [0.1, 0.15) is 12.1 Å². The van der Waals surface area contributed by atoms with Gasteiger partial charge in [0.15, 0.2) is 0 Å². The first kappa shape index (κ1) is 23.9. The number of ether oxygens (including phenoxy) is 1. The maximum absolute atomic E-state index is 12.7. The van der Waals surface area contributed by atoms with Gasteiger partial charge in [-0.25, -0.2) is 4.79 Å². The molecule has 1 heterocycles. The van der Waals surface area contributed by atoms with E-state index < -0.39 is 30.1 Å². The van der Waals surface area contributed by atoms with Crippen molar-refractivity contribution >= 4 is 30.3 Å². The van der Waals surface area contributed by atoms with Crippen LogP contribution in [0.25, 0.3) is 0 Å². The molecular formula is C20H29ClN2O5. The zero-order valence-electron chi connectivity index (χ0n) is 16.3. The molecular weight excluding hydrogens is 384 g/mol. The predicted molar refractivity (Wildman–Crippen MR) is 107 cm³/mol. The zero-order valence-corrected chi connectivity index (χ0v) is 17.1. The van der Waals surface area contributed by atoms with Gasteiger partial charge in [-0.1, -0.05) is 30.3 Å². The van der Waals surface area contributed by atoms with Crippen molar-refractivity contribution < 1.29 is 24.2 Å². The molecule has 156 valence electrons. The SMILES string of the molecule is CCOC(=O)[C@@H](CCc1ccccc1)N[C@H](C)C(=O)N1CCC[C@@H]1C(=O)O.Cl. The molecule has 8 heteroatoms. The van der Waals surface area contributed by atoms with Crippen LogP contribution in [0.5, 0.6) is 0 Å². The molecule has 0 aromatic heterocycles. The Hall–Kier alpha value is -2.12. The standard InChI is InChI=1S/C20H28N2O5.ClH/c1-3-27-20(26)16(12-11-15-8-5-4-6-9-15)21-14(2)18(23)22-13-7-10-17(22)19(24)25;/h4-6,8-9,14,16-17,21H,3,7,10-13H2,1-2H3,(H,24,25);1H/t14-,16-,17-;/m1./s1. The minimum Gasteiger partial charge on any atom is -0.480 e. The molecule has 3 atom stereocenters. The summed E-state index contributed by atoms with van der Waals surface area (Å²) in [7, 11) is 0. The monoisotopic (exact) mass is 412 g/mol. The third-order valence-electron chi connectivity index (χ3n) is 4.78. The van der Waals surface area contributed by atoms with Gasteiger partial charge in [0.05, 0.1) is 12.6 Å². The lowest BCUT2D eigenvalue weighted by molar-refractivity contribution is -0.150. The van der Waals surface area contributed by atoms with Crippen molar-refractivity contribution in [2.24, 2.45) is 0 Å². The Balaban J connectivity index is 0.00000392. The van der Waals surface area contributed by atoms with Crippen molar-refractivity contribution in [3.8, 4) is 0 Å². The fourth-order valence-electron chi connectivity index (χ4n) is 3.38. The van der Waals surface area contributed by atoms with Crippen LogP contribution in [0, 0.1) is 0 Å². The Morgan fingerprint density at radius 3 is 2.57 bits per heavy atom. The number of aliphatic carboxylic acids is 1. The number of carboxylic acid groups (broad SMARTS) is 1. The molecule has 1 aromatic rings. The fraction of sp³-hybridized carbons (Fsp3) is 0.550. The van der Waals surface area contributed by atoms with Gasteiger partial charge < -0.3 is 14.7 Å². The molecule has 1 aliphatic rings. The average molecular weight is 413 g/mol. The lowest BCUT2D eigenvalue weighted by Crippen LogP contribution is -2.53. The van der Waals surface area contributed by atoms with Gasteiger partial charge in [0.25, 0.3) is 0 Å². The normalized spacial score (nSPS) is 18.1. The second-order valence-electron chi connectivity index (χ2n) is 6.75. The summed E-state index contributed by atoms with van der Waals surface area (Å²) >= 11 is 0. The van der Waals surface area contributed by atoms with E-state index in [0.717, 1.165) is 5.56 Å². The molecule has 28 heavy (non-hydrogen) atoms. The van der Waals surface area contributed by atoms with Gasteiger partial charge in [-0.3, -0.25) is 14.9 Å². The largest absolute Gasteiger partial charge is 0.480 e. The van der Waals surface area contributed by atoms with E-state index >= 15 is 0 Å². The number of aryl methyl sites for hydroxylation is 1. The minimum atomic E-state index is -0.987. The number of halogens is 1. The number of likely N-dealkylation sites (tertiary alicyclic amines) is 1. The number of hydrogen-bond donors (Lipinski definition) is 2. The number of nitrogens with zero attached hydrogens (tertiary/aromatic N) is 1. The van der Waals surface area contributed by atoms with E-state index in [2.05, 4.69) is 5.32 Å². The third-order valence-corrected chi connectivity index (χ3v) is 4.78. The molecule has 2 N–H and O–H groups in total. The van der Waals surface area contributed by atoms with Gasteiger partial charge in [0, 0.05) is 6.54 Å². The van der Waals surface area contributed by atoms with Gasteiger partial charge in [-0.2, -0.15) is 0 Å². The van der Waals surface area contributed by atoms with Crippen molar-refractivity contribution in [2.45, 2.75) is 57.7 Å². The van der Waals surface area contributed by atoms with Crippen LogP contribution in [0.1, 0.15) is 38.7 Å². The Labute approximate surface area is 171 Å². The van der Waals surface area contributed by atoms with Gasteiger partial charge in [0.2, 0.25) is 5.91 Å². The number of carbonyl (C=O) groups excluding carboxylic acids is 2. The average Bonchev–Trinajstić information content (AvgIpc) is 3.15. The van der Waals surface area contributed by atoms with Crippen LogP contribution >= 0.6 is 12.4 Å². The van der Waals surface area contributed by atoms with Crippen molar-refractivity contribution in [3.05, 3.63) is 35.9 Å². The molecule has 1 saturated heterocycles. The summed E-state index contributed by atoms with van der Waals surface area (Å²) in [6.07, 6.45) is 2.29. The smallest absolute Gasteiger partial charge is 0.326 e. The van der Waals surface area contributed by atoms with Gasteiger partial charge in [-0.15, -0.1) is 12.4 Å². The molecule has 0 aliphatic carbocycles. The van der Waals surface area contributed by atoms with Crippen molar-refractivity contribution in [3.63, 3.8) is 0 Å². The minimum absolute atomic E-state index is 0. The molecule has 1 aromatic carbocycles. The van der Waals surface area contributed by atoms with Crippen LogP contribution in [0.3, 0.4) is 0 Å². The molecule has 1 fully saturated rings.